The molecule has 0 aliphatic rings. The van der Waals surface area contributed by atoms with E-state index in [2.05, 4.69) is 15.4 Å². The maximum Gasteiger partial charge on any atom is 0.340 e. The Labute approximate surface area is 112 Å². The molecular formula is C13H19N3O3. The summed E-state index contributed by atoms with van der Waals surface area (Å²) in [6.45, 7) is 4.12. The maximum atomic E-state index is 11.6. The van der Waals surface area contributed by atoms with Crippen molar-refractivity contribution < 1.29 is 14.3 Å². The van der Waals surface area contributed by atoms with Crippen molar-refractivity contribution in [2.75, 3.05) is 24.7 Å². The molecule has 0 aliphatic carbocycles. The number of carbonyl (C=O) groups is 2. The Bertz CT molecular complexity index is 474. The predicted molar refractivity (Wildman–Crippen MR) is 74.0 cm³/mol. The molecule has 0 aliphatic heterocycles. The van der Waals surface area contributed by atoms with Gasteiger partial charge in [-0.05, 0) is 26.0 Å². The molecule has 6 heteroatoms. The molecule has 0 fully saturated rings. The molecule has 0 saturated carbocycles. The number of amides is 1. The van der Waals surface area contributed by atoms with Gasteiger partial charge in [-0.25, -0.2) is 4.79 Å². The third-order valence-corrected chi connectivity index (χ3v) is 2.63. The van der Waals surface area contributed by atoms with E-state index in [1.165, 1.54) is 7.11 Å². The fraction of sp³-hybridized carbons (Fsp3) is 0.385. The van der Waals surface area contributed by atoms with Crippen LogP contribution in [-0.2, 0) is 9.53 Å². The van der Waals surface area contributed by atoms with Crippen molar-refractivity contribution in [1.82, 2.24) is 5.32 Å². The highest BCUT2D eigenvalue weighted by Crippen LogP contribution is 2.24. The van der Waals surface area contributed by atoms with Gasteiger partial charge in [-0.2, -0.15) is 0 Å². The number of likely N-dealkylation sites (N-methyl/N-ethyl adjacent to an activating group) is 1. The van der Waals surface area contributed by atoms with Crippen molar-refractivity contribution in [2.24, 2.45) is 0 Å². The lowest BCUT2D eigenvalue weighted by Crippen LogP contribution is -2.37. The number of hydrogen-bond donors (Lipinski definition) is 3. The first kappa shape index (κ1) is 14.8. The summed E-state index contributed by atoms with van der Waals surface area (Å²) in [4.78, 5) is 23.1. The molecule has 104 valence electrons. The number of ether oxygens (including phenoxy) is 1. The third-order valence-electron chi connectivity index (χ3n) is 2.63. The van der Waals surface area contributed by atoms with E-state index in [-0.39, 0.29) is 17.2 Å². The minimum absolute atomic E-state index is 0.134. The molecule has 1 amide bonds. The number of esters is 1. The van der Waals surface area contributed by atoms with Crippen LogP contribution in [0.4, 0.5) is 11.4 Å². The van der Waals surface area contributed by atoms with Gasteiger partial charge in [-0.3, -0.25) is 4.79 Å². The monoisotopic (exact) mass is 265 g/mol. The van der Waals surface area contributed by atoms with E-state index in [9.17, 15) is 9.59 Å². The first-order valence-electron chi connectivity index (χ1n) is 6.02. The molecule has 0 spiro atoms. The SMILES string of the molecule is CCNC(=O)C(C)Nc1cccc(C(=O)OC)c1N. The van der Waals surface area contributed by atoms with Crippen molar-refractivity contribution in [3.63, 3.8) is 0 Å². The summed E-state index contributed by atoms with van der Waals surface area (Å²) in [5, 5.41) is 5.67. The largest absolute Gasteiger partial charge is 0.465 e. The minimum Gasteiger partial charge on any atom is -0.465 e. The van der Waals surface area contributed by atoms with Crippen molar-refractivity contribution in [3.8, 4) is 0 Å². The number of methoxy groups -OCH3 is 1. The molecule has 0 radical (unpaired) electrons. The van der Waals surface area contributed by atoms with E-state index >= 15 is 0 Å². The number of anilines is 2. The molecule has 4 N–H and O–H groups in total. The van der Waals surface area contributed by atoms with E-state index in [1.807, 2.05) is 6.92 Å². The van der Waals surface area contributed by atoms with Crippen LogP contribution in [-0.4, -0.2) is 31.6 Å². The molecular weight excluding hydrogens is 246 g/mol. The molecule has 1 aromatic carbocycles. The normalized spacial score (nSPS) is 11.5. The number of nitrogens with one attached hydrogen (secondary N) is 2. The van der Waals surface area contributed by atoms with Crippen LogP contribution in [0.1, 0.15) is 24.2 Å². The number of hydrogen-bond acceptors (Lipinski definition) is 5. The Morgan fingerprint density at radius 1 is 1.42 bits per heavy atom. The van der Waals surface area contributed by atoms with Crippen LogP contribution in [0.3, 0.4) is 0 Å². The number of benzene rings is 1. The summed E-state index contributed by atoms with van der Waals surface area (Å²) in [5.74, 6) is -0.641. The number of para-hydroxylation sites is 1. The first-order chi connectivity index (χ1) is 9.01. The third kappa shape index (κ3) is 3.61. The zero-order valence-corrected chi connectivity index (χ0v) is 11.3. The van der Waals surface area contributed by atoms with Gasteiger partial charge >= 0.3 is 5.97 Å². The van der Waals surface area contributed by atoms with Crippen LogP contribution in [0.25, 0.3) is 0 Å². The van der Waals surface area contributed by atoms with Crippen LogP contribution in [0.15, 0.2) is 18.2 Å². The van der Waals surface area contributed by atoms with Gasteiger partial charge in [-0.15, -0.1) is 0 Å². The zero-order valence-electron chi connectivity index (χ0n) is 11.3. The Hall–Kier alpha value is -2.24. The molecule has 6 nitrogen and oxygen atoms in total. The van der Waals surface area contributed by atoms with Crippen molar-refractivity contribution in [3.05, 3.63) is 23.8 Å². The van der Waals surface area contributed by atoms with Crippen molar-refractivity contribution in [1.29, 1.82) is 0 Å². The van der Waals surface area contributed by atoms with Crippen LogP contribution in [0, 0.1) is 0 Å². The standard InChI is InChI=1S/C13H19N3O3/c1-4-15-12(17)8(2)16-10-7-5-6-9(11(10)14)13(18)19-3/h5-8,16H,4,14H2,1-3H3,(H,15,17). The van der Waals surface area contributed by atoms with Gasteiger partial charge < -0.3 is 21.1 Å². The number of rotatable bonds is 5. The van der Waals surface area contributed by atoms with Gasteiger partial charge in [0.05, 0.1) is 24.0 Å². The van der Waals surface area contributed by atoms with Crippen molar-refractivity contribution in [2.45, 2.75) is 19.9 Å². The van der Waals surface area contributed by atoms with Crippen LogP contribution >= 0.6 is 0 Å². The van der Waals surface area contributed by atoms with E-state index < -0.39 is 12.0 Å². The lowest BCUT2D eigenvalue weighted by Gasteiger charge is -2.17. The summed E-state index contributed by atoms with van der Waals surface area (Å²) in [5.41, 5.74) is 6.96. The molecule has 1 rings (SSSR count). The summed E-state index contributed by atoms with van der Waals surface area (Å²) < 4.78 is 4.64. The summed E-state index contributed by atoms with van der Waals surface area (Å²) in [6, 6.07) is 4.51. The number of nitrogen functional groups attached to an aromatic ring is 1. The molecule has 0 aromatic heterocycles. The Balaban J connectivity index is 2.90. The van der Waals surface area contributed by atoms with Gasteiger partial charge in [0.1, 0.15) is 6.04 Å². The maximum absolute atomic E-state index is 11.6. The average molecular weight is 265 g/mol. The molecule has 0 saturated heterocycles. The molecule has 1 unspecified atom stereocenters. The lowest BCUT2D eigenvalue weighted by atomic mass is 10.1. The Morgan fingerprint density at radius 2 is 2.11 bits per heavy atom. The van der Waals surface area contributed by atoms with Crippen LogP contribution in [0.5, 0.6) is 0 Å². The minimum atomic E-state index is -0.508. The van der Waals surface area contributed by atoms with Gasteiger partial charge in [0.2, 0.25) is 5.91 Å². The van der Waals surface area contributed by atoms with Gasteiger partial charge in [0, 0.05) is 6.54 Å². The highest BCUT2D eigenvalue weighted by molar-refractivity contribution is 5.98. The number of nitrogens with two attached hydrogens (primary N) is 1. The second-order valence-electron chi connectivity index (χ2n) is 4.02. The average Bonchev–Trinajstić information content (AvgIpc) is 2.40. The predicted octanol–water partition coefficient (Wildman–Crippen LogP) is 0.992. The van der Waals surface area contributed by atoms with Gasteiger partial charge in [-0.1, -0.05) is 6.07 Å². The smallest absolute Gasteiger partial charge is 0.340 e. The zero-order chi connectivity index (χ0) is 14.4. The molecule has 1 atom stereocenters. The van der Waals surface area contributed by atoms with E-state index in [0.717, 1.165) is 0 Å². The Kier molecular flexibility index (Phi) is 5.17. The second-order valence-corrected chi connectivity index (χ2v) is 4.02. The highest BCUT2D eigenvalue weighted by Gasteiger charge is 2.16. The molecule has 1 aromatic rings. The van der Waals surface area contributed by atoms with E-state index in [0.29, 0.717) is 12.2 Å². The van der Waals surface area contributed by atoms with Crippen LogP contribution < -0.4 is 16.4 Å². The number of carbonyl (C=O) groups excluding carboxylic acids is 2. The van der Waals surface area contributed by atoms with E-state index in [4.69, 9.17) is 5.73 Å². The fourth-order valence-corrected chi connectivity index (χ4v) is 1.61. The molecule has 0 bridgehead atoms. The van der Waals surface area contributed by atoms with Crippen LogP contribution in [0.2, 0.25) is 0 Å². The Morgan fingerprint density at radius 3 is 2.68 bits per heavy atom. The van der Waals surface area contributed by atoms with Crippen molar-refractivity contribution >= 4 is 23.3 Å². The first-order valence-corrected chi connectivity index (χ1v) is 6.02. The van der Waals surface area contributed by atoms with Gasteiger partial charge in [0.15, 0.2) is 0 Å². The lowest BCUT2D eigenvalue weighted by molar-refractivity contribution is -0.121. The summed E-state index contributed by atoms with van der Waals surface area (Å²) in [7, 11) is 1.29. The fourth-order valence-electron chi connectivity index (χ4n) is 1.61. The topological polar surface area (TPSA) is 93.5 Å². The molecule has 19 heavy (non-hydrogen) atoms. The second kappa shape index (κ2) is 6.63. The van der Waals surface area contributed by atoms with Gasteiger partial charge in [0.25, 0.3) is 0 Å². The summed E-state index contributed by atoms with van der Waals surface area (Å²) in [6.07, 6.45) is 0. The molecule has 0 heterocycles. The van der Waals surface area contributed by atoms with E-state index in [1.54, 1.807) is 25.1 Å². The summed E-state index contributed by atoms with van der Waals surface area (Å²) >= 11 is 0. The quantitative estimate of drug-likeness (QED) is 0.545. The highest BCUT2D eigenvalue weighted by atomic mass is 16.5.